The van der Waals surface area contributed by atoms with Crippen LogP contribution in [-0.4, -0.2) is 49.2 Å². The fourth-order valence-electron chi connectivity index (χ4n) is 5.88. The molecule has 0 radical (unpaired) electrons. The number of anilines is 1. The first-order valence-corrected chi connectivity index (χ1v) is 13.9. The average Bonchev–Trinajstić information content (AvgIpc) is 3.42. The lowest BCUT2D eigenvalue weighted by Gasteiger charge is -2.22. The lowest BCUT2D eigenvalue weighted by atomic mass is 9.94. The molecule has 1 saturated heterocycles. The van der Waals surface area contributed by atoms with E-state index in [4.69, 9.17) is 9.47 Å². The fourth-order valence-corrected chi connectivity index (χ4v) is 5.88. The Balaban J connectivity index is 1.13. The summed E-state index contributed by atoms with van der Waals surface area (Å²) in [4.78, 5) is 28.6. The van der Waals surface area contributed by atoms with Crippen LogP contribution in [0, 0.1) is 6.92 Å². The maximum atomic E-state index is 13.4. The van der Waals surface area contributed by atoms with Gasteiger partial charge in [0.05, 0.1) is 5.41 Å². The summed E-state index contributed by atoms with van der Waals surface area (Å²) in [6, 6.07) is 19.9. The number of carbonyl (C=O) groups excluding carboxylic acids is 2. The van der Waals surface area contributed by atoms with E-state index in [0.717, 1.165) is 66.0 Å². The number of benzene rings is 3. The fraction of sp³-hybridized carbons (Fsp3) is 0.375. The van der Waals surface area contributed by atoms with E-state index in [1.807, 2.05) is 60.7 Å². The van der Waals surface area contributed by atoms with E-state index in [9.17, 15) is 9.59 Å². The standard InChI is InChI=1S/C32H35N3O4/c1-3-35-16-4-5-26(35)19-33-30(36)23-9-7-22(8-10-23)27-18-25(12-6-21(27)2)34-31(37)32(14-15-32)24-11-13-28-29(17-24)39-20-38-28/h6-13,17-18,26H,3-5,14-16,19-20H2,1-2H3,(H,33,36)(H,34,37). The molecule has 1 unspecified atom stereocenters. The molecule has 3 aromatic carbocycles. The van der Waals surface area contributed by atoms with E-state index in [1.165, 1.54) is 6.42 Å². The van der Waals surface area contributed by atoms with Crippen LogP contribution in [0.4, 0.5) is 5.69 Å². The molecule has 0 aromatic heterocycles. The topological polar surface area (TPSA) is 79.9 Å². The molecule has 0 spiro atoms. The molecule has 3 aromatic rings. The number of rotatable bonds is 8. The molecule has 1 atom stereocenters. The molecule has 2 heterocycles. The van der Waals surface area contributed by atoms with Gasteiger partial charge in [0.15, 0.2) is 11.5 Å². The summed E-state index contributed by atoms with van der Waals surface area (Å²) in [7, 11) is 0. The lowest BCUT2D eigenvalue weighted by Crippen LogP contribution is -2.40. The molecule has 2 aliphatic heterocycles. The molecule has 2 N–H and O–H groups in total. The Kier molecular flexibility index (Phi) is 6.77. The number of hydrogen-bond acceptors (Lipinski definition) is 5. The summed E-state index contributed by atoms with van der Waals surface area (Å²) in [5.74, 6) is 1.37. The van der Waals surface area contributed by atoms with E-state index in [2.05, 4.69) is 29.4 Å². The maximum Gasteiger partial charge on any atom is 0.251 e. The molecule has 202 valence electrons. The predicted octanol–water partition coefficient (Wildman–Crippen LogP) is 5.28. The van der Waals surface area contributed by atoms with Crippen molar-refractivity contribution in [3.63, 3.8) is 0 Å². The van der Waals surface area contributed by atoms with E-state index < -0.39 is 5.41 Å². The van der Waals surface area contributed by atoms with Crippen LogP contribution < -0.4 is 20.1 Å². The highest BCUT2D eigenvalue weighted by atomic mass is 16.7. The number of hydrogen-bond donors (Lipinski definition) is 2. The van der Waals surface area contributed by atoms with Gasteiger partial charge < -0.3 is 20.1 Å². The number of fused-ring (bicyclic) bond motifs is 1. The minimum absolute atomic E-state index is 0.00733. The highest BCUT2D eigenvalue weighted by Crippen LogP contribution is 2.51. The zero-order valence-electron chi connectivity index (χ0n) is 22.6. The number of likely N-dealkylation sites (tertiary alicyclic amines) is 1. The van der Waals surface area contributed by atoms with Crippen LogP contribution in [0.25, 0.3) is 11.1 Å². The van der Waals surface area contributed by atoms with Gasteiger partial charge in [-0.1, -0.05) is 31.2 Å². The number of aryl methyl sites for hydroxylation is 1. The summed E-state index contributed by atoms with van der Waals surface area (Å²) < 4.78 is 10.9. The Bertz CT molecular complexity index is 1400. The number of carbonyl (C=O) groups is 2. The van der Waals surface area contributed by atoms with Crippen molar-refractivity contribution < 1.29 is 19.1 Å². The molecule has 0 bridgehead atoms. The highest BCUT2D eigenvalue weighted by Gasteiger charge is 2.51. The molecular weight excluding hydrogens is 490 g/mol. The van der Waals surface area contributed by atoms with E-state index in [0.29, 0.717) is 23.9 Å². The van der Waals surface area contributed by atoms with E-state index >= 15 is 0 Å². The first kappa shape index (κ1) is 25.4. The molecule has 7 heteroatoms. The summed E-state index contributed by atoms with van der Waals surface area (Å²) in [6.45, 7) is 7.26. The SMILES string of the molecule is CCN1CCCC1CNC(=O)c1ccc(-c2cc(NC(=O)C3(c4ccc5c(c4)OCO5)CC3)ccc2C)cc1. The molecule has 6 rings (SSSR count). The van der Waals surface area contributed by atoms with Crippen molar-refractivity contribution in [2.24, 2.45) is 0 Å². The van der Waals surface area contributed by atoms with Gasteiger partial charge in [0.25, 0.3) is 5.91 Å². The Morgan fingerprint density at radius 1 is 1.00 bits per heavy atom. The number of nitrogens with zero attached hydrogens (tertiary/aromatic N) is 1. The molecule has 2 amide bonds. The first-order valence-electron chi connectivity index (χ1n) is 13.9. The van der Waals surface area contributed by atoms with Gasteiger partial charge in [-0.3, -0.25) is 14.5 Å². The van der Waals surface area contributed by atoms with Gasteiger partial charge in [0.2, 0.25) is 12.7 Å². The number of amides is 2. The van der Waals surface area contributed by atoms with Gasteiger partial charge in [0.1, 0.15) is 0 Å². The van der Waals surface area contributed by atoms with Crippen molar-refractivity contribution in [2.75, 3.05) is 31.7 Å². The van der Waals surface area contributed by atoms with Crippen LogP contribution in [0.15, 0.2) is 60.7 Å². The van der Waals surface area contributed by atoms with Gasteiger partial charge in [-0.05, 0) is 104 Å². The Labute approximate surface area is 229 Å². The van der Waals surface area contributed by atoms with Crippen molar-refractivity contribution in [1.82, 2.24) is 10.2 Å². The third-order valence-electron chi connectivity index (χ3n) is 8.47. The van der Waals surface area contributed by atoms with Crippen LogP contribution in [0.5, 0.6) is 11.5 Å². The van der Waals surface area contributed by atoms with Crippen molar-refractivity contribution in [3.8, 4) is 22.6 Å². The molecule has 2 fully saturated rings. The summed E-state index contributed by atoms with van der Waals surface area (Å²) in [5, 5.41) is 6.26. The predicted molar refractivity (Wildman–Crippen MR) is 151 cm³/mol. The summed E-state index contributed by atoms with van der Waals surface area (Å²) in [6.07, 6.45) is 3.94. The minimum atomic E-state index is -0.534. The zero-order valence-corrected chi connectivity index (χ0v) is 22.6. The van der Waals surface area contributed by atoms with Crippen molar-refractivity contribution in [1.29, 1.82) is 0 Å². The number of ether oxygens (including phenoxy) is 2. The van der Waals surface area contributed by atoms with Crippen LogP contribution in [-0.2, 0) is 10.2 Å². The van der Waals surface area contributed by atoms with Crippen molar-refractivity contribution >= 4 is 17.5 Å². The summed E-state index contributed by atoms with van der Waals surface area (Å²) in [5.41, 5.74) is 4.96. The Morgan fingerprint density at radius 3 is 2.56 bits per heavy atom. The van der Waals surface area contributed by atoms with Crippen LogP contribution in [0.1, 0.15) is 54.1 Å². The summed E-state index contributed by atoms with van der Waals surface area (Å²) >= 11 is 0. The second-order valence-electron chi connectivity index (χ2n) is 10.8. The van der Waals surface area contributed by atoms with E-state index in [-0.39, 0.29) is 18.6 Å². The molecule has 3 aliphatic rings. The van der Waals surface area contributed by atoms with Gasteiger partial charge in [0, 0.05) is 23.8 Å². The van der Waals surface area contributed by atoms with Crippen LogP contribution in [0.2, 0.25) is 0 Å². The number of nitrogens with one attached hydrogen (secondary N) is 2. The van der Waals surface area contributed by atoms with Crippen LogP contribution in [0.3, 0.4) is 0 Å². The van der Waals surface area contributed by atoms with Gasteiger partial charge in [-0.15, -0.1) is 0 Å². The Hall–Kier alpha value is -3.84. The molecule has 7 nitrogen and oxygen atoms in total. The normalized spacial score (nSPS) is 19.1. The zero-order chi connectivity index (χ0) is 27.0. The number of likely N-dealkylation sites (N-methyl/N-ethyl adjacent to an activating group) is 1. The first-order chi connectivity index (χ1) is 19.0. The second kappa shape index (κ2) is 10.4. The van der Waals surface area contributed by atoms with Gasteiger partial charge >= 0.3 is 0 Å². The second-order valence-corrected chi connectivity index (χ2v) is 10.8. The minimum Gasteiger partial charge on any atom is -0.454 e. The molecule has 1 saturated carbocycles. The maximum absolute atomic E-state index is 13.4. The molecular formula is C32H35N3O4. The third kappa shape index (κ3) is 4.99. The van der Waals surface area contributed by atoms with Crippen molar-refractivity contribution in [2.45, 2.75) is 51.0 Å². The third-order valence-corrected chi connectivity index (χ3v) is 8.47. The highest BCUT2D eigenvalue weighted by molar-refractivity contribution is 6.02. The quantitative estimate of drug-likeness (QED) is 0.419. The average molecular weight is 526 g/mol. The monoisotopic (exact) mass is 525 g/mol. The molecule has 1 aliphatic carbocycles. The lowest BCUT2D eigenvalue weighted by molar-refractivity contribution is -0.118. The van der Waals surface area contributed by atoms with Gasteiger partial charge in [-0.25, -0.2) is 0 Å². The van der Waals surface area contributed by atoms with Crippen molar-refractivity contribution in [3.05, 3.63) is 77.4 Å². The smallest absolute Gasteiger partial charge is 0.251 e. The largest absolute Gasteiger partial charge is 0.454 e. The van der Waals surface area contributed by atoms with Gasteiger partial charge in [-0.2, -0.15) is 0 Å². The van der Waals surface area contributed by atoms with Crippen LogP contribution >= 0.6 is 0 Å². The Morgan fingerprint density at radius 2 is 1.79 bits per heavy atom. The molecule has 39 heavy (non-hydrogen) atoms. The van der Waals surface area contributed by atoms with E-state index in [1.54, 1.807) is 0 Å².